The Hall–Kier alpha value is -1.61. The van der Waals surface area contributed by atoms with Crippen molar-refractivity contribution in [2.24, 2.45) is 0 Å². The van der Waals surface area contributed by atoms with E-state index in [0.29, 0.717) is 19.8 Å². The lowest BCUT2D eigenvalue weighted by molar-refractivity contribution is -0.130. The highest BCUT2D eigenvalue weighted by atomic mass is 16.5. The van der Waals surface area contributed by atoms with Gasteiger partial charge in [-0.15, -0.1) is 6.58 Å². The minimum atomic E-state index is -0.449. The van der Waals surface area contributed by atoms with Crippen LogP contribution in [0, 0.1) is 6.92 Å². The molecule has 0 radical (unpaired) electrons. The van der Waals surface area contributed by atoms with Gasteiger partial charge in [0.1, 0.15) is 0 Å². The van der Waals surface area contributed by atoms with Crippen molar-refractivity contribution in [2.75, 3.05) is 19.8 Å². The van der Waals surface area contributed by atoms with Crippen molar-refractivity contribution < 1.29 is 9.53 Å². The molecule has 1 amide bonds. The molecule has 1 aliphatic heterocycles. The van der Waals surface area contributed by atoms with Gasteiger partial charge in [-0.25, -0.2) is 0 Å². The topological polar surface area (TPSA) is 38.3 Å². The second-order valence-corrected chi connectivity index (χ2v) is 5.06. The number of carbonyl (C=O) groups is 1. The van der Waals surface area contributed by atoms with E-state index in [1.807, 2.05) is 0 Å². The summed E-state index contributed by atoms with van der Waals surface area (Å²) in [5.41, 5.74) is 1.84. The van der Waals surface area contributed by atoms with Crippen molar-refractivity contribution in [3.05, 3.63) is 48.0 Å². The first-order valence-corrected chi connectivity index (χ1v) is 6.73. The fraction of sp³-hybridized carbons (Fsp3) is 0.438. The number of benzene rings is 1. The molecule has 2 rings (SSSR count). The largest absolute Gasteiger partial charge is 0.381 e. The van der Waals surface area contributed by atoms with Crippen molar-refractivity contribution in [2.45, 2.75) is 25.2 Å². The van der Waals surface area contributed by atoms with Crippen molar-refractivity contribution >= 4 is 5.91 Å². The van der Waals surface area contributed by atoms with Gasteiger partial charge in [-0.2, -0.15) is 0 Å². The summed E-state index contributed by atoms with van der Waals surface area (Å²) in [5, 5.41) is 2.94. The summed E-state index contributed by atoms with van der Waals surface area (Å²) in [7, 11) is 0. The summed E-state index contributed by atoms with van der Waals surface area (Å²) in [6, 6.07) is 8.25. The third kappa shape index (κ3) is 2.87. The van der Waals surface area contributed by atoms with Gasteiger partial charge in [0.2, 0.25) is 5.91 Å². The number of ether oxygens (including phenoxy) is 1. The first-order valence-electron chi connectivity index (χ1n) is 6.73. The molecule has 3 heteroatoms. The molecule has 1 aromatic carbocycles. The Morgan fingerprint density at radius 3 is 2.58 bits per heavy atom. The highest BCUT2D eigenvalue weighted by Gasteiger charge is 2.41. The van der Waals surface area contributed by atoms with Crippen LogP contribution in [0.5, 0.6) is 0 Å². The Balaban J connectivity index is 2.30. The van der Waals surface area contributed by atoms with Gasteiger partial charge in [-0.3, -0.25) is 4.79 Å². The SMILES string of the molecule is C=CCNC(=O)C1(c2ccc(C)cc2)CCOCC1. The maximum absolute atomic E-state index is 12.5. The first kappa shape index (κ1) is 13.8. The van der Waals surface area contributed by atoms with Gasteiger partial charge in [0.05, 0.1) is 5.41 Å². The van der Waals surface area contributed by atoms with Gasteiger partial charge in [-0.1, -0.05) is 35.9 Å². The molecule has 19 heavy (non-hydrogen) atoms. The summed E-state index contributed by atoms with van der Waals surface area (Å²) in [6.45, 7) is 7.48. The summed E-state index contributed by atoms with van der Waals surface area (Å²) < 4.78 is 5.42. The number of amides is 1. The molecular formula is C16H21NO2. The molecule has 1 fully saturated rings. The average Bonchev–Trinajstić information content (AvgIpc) is 2.46. The van der Waals surface area contributed by atoms with Crippen LogP contribution in [0.4, 0.5) is 0 Å². The molecule has 0 saturated carbocycles. The van der Waals surface area contributed by atoms with Crippen LogP contribution in [-0.2, 0) is 14.9 Å². The first-order chi connectivity index (χ1) is 9.19. The van der Waals surface area contributed by atoms with E-state index in [9.17, 15) is 4.79 Å². The fourth-order valence-electron chi connectivity index (χ4n) is 2.57. The zero-order valence-corrected chi connectivity index (χ0v) is 11.4. The minimum Gasteiger partial charge on any atom is -0.381 e. The third-order valence-corrected chi connectivity index (χ3v) is 3.79. The zero-order valence-electron chi connectivity index (χ0n) is 11.4. The van der Waals surface area contributed by atoms with Crippen molar-refractivity contribution in [1.82, 2.24) is 5.32 Å². The second-order valence-electron chi connectivity index (χ2n) is 5.06. The Morgan fingerprint density at radius 2 is 2.00 bits per heavy atom. The molecule has 0 atom stereocenters. The number of hydrogen-bond acceptors (Lipinski definition) is 2. The second kappa shape index (κ2) is 6.02. The quantitative estimate of drug-likeness (QED) is 0.843. The number of aryl methyl sites for hydroxylation is 1. The molecule has 102 valence electrons. The standard InChI is InChI=1S/C16H21NO2/c1-3-10-17-15(18)16(8-11-19-12-9-16)14-6-4-13(2)5-7-14/h3-7H,1,8-12H2,2H3,(H,17,18). The Kier molecular flexibility index (Phi) is 4.38. The smallest absolute Gasteiger partial charge is 0.231 e. The third-order valence-electron chi connectivity index (χ3n) is 3.79. The van der Waals surface area contributed by atoms with E-state index < -0.39 is 5.41 Å². The maximum atomic E-state index is 12.5. The van der Waals surface area contributed by atoms with E-state index in [4.69, 9.17) is 4.74 Å². The predicted octanol–water partition coefficient (Wildman–Crippen LogP) is 2.35. The van der Waals surface area contributed by atoms with Gasteiger partial charge in [-0.05, 0) is 25.3 Å². The van der Waals surface area contributed by atoms with Gasteiger partial charge < -0.3 is 10.1 Å². The fourth-order valence-corrected chi connectivity index (χ4v) is 2.57. The minimum absolute atomic E-state index is 0.0829. The summed E-state index contributed by atoms with van der Waals surface area (Å²) >= 11 is 0. The summed E-state index contributed by atoms with van der Waals surface area (Å²) in [4.78, 5) is 12.5. The van der Waals surface area contributed by atoms with Crippen LogP contribution >= 0.6 is 0 Å². The van der Waals surface area contributed by atoms with Crippen molar-refractivity contribution in [3.8, 4) is 0 Å². The number of hydrogen-bond donors (Lipinski definition) is 1. The molecule has 0 bridgehead atoms. The Labute approximate surface area is 114 Å². The van der Waals surface area contributed by atoms with Crippen LogP contribution in [0.15, 0.2) is 36.9 Å². The van der Waals surface area contributed by atoms with Gasteiger partial charge in [0, 0.05) is 19.8 Å². The van der Waals surface area contributed by atoms with Gasteiger partial charge in [0.25, 0.3) is 0 Å². The van der Waals surface area contributed by atoms with Gasteiger partial charge >= 0.3 is 0 Å². The normalized spacial score (nSPS) is 17.7. The van der Waals surface area contributed by atoms with Crippen LogP contribution in [0.3, 0.4) is 0 Å². The van der Waals surface area contributed by atoms with Crippen LogP contribution in [-0.4, -0.2) is 25.7 Å². The zero-order chi connectivity index (χ0) is 13.7. The van der Waals surface area contributed by atoms with Gasteiger partial charge in [0.15, 0.2) is 0 Å². The molecule has 0 spiro atoms. The molecule has 0 aromatic heterocycles. The van der Waals surface area contributed by atoms with E-state index in [1.165, 1.54) is 5.56 Å². The molecular weight excluding hydrogens is 238 g/mol. The summed E-state index contributed by atoms with van der Waals surface area (Å²) in [5.74, 6) is 0.0829. The van der Waals surface area contributed by atoms with E-state index in [1.54, 1.807) is 6.08 Å². The lowest BCUT2D eigenvalue weighted by Gasteiger charge is -2.36. The Morgan fingerprint density at radius 1 is 1.37 bits per heavy atom. The van der Waals surface area contributed by atoms with Crippen LogP contribution < -0.4 is 5.32 Å². The number of rotatable bonds is 4. The van der Waals surface area contributed by atoms with E-state index in [0.717, 1.165) is 18.4 Å². The Bertz CT molecular complexity index is 444. The highest BCUT2D eigenvalue weighted by Crippen LogP contribution is 2.35. The van der Waals surface area contributed by atoms with E-state index >= 15 is 0 Å². The van der Waals surface area contributed by atoms with Crippen LogP contribution in [0.25, 0.3) is 0 Å². The number of carbonyl (C=O) groups excluding carboxylic acids is 1. The molecule has 0 aliphatic carbocycles. The van der Waals surface area contributed by atoms with Crippen molar-refractivity contribution in [3.63, 3.8) is 0 Å². The molecule has 1 heterocycles. The van der Waals surface area contributed by atoms with Crippen molar-refractivity contribution in [1.29, 1.82) is 0 Å². The number of nitrogens with one attached hydrogen (secondary N) is 1. The monoisotopic (exact) mass is 259 g/mol. The van der Waals surface area contributed by atoms with Crippen LogP contribution in [0.1, 0.15) is 24.0 Å². The molecule has 0 unspecified atom stereocenters. The maximum Gasteiger partial charge on any atom is 0.231 e. The molecule has 1 aromatic rings. The molecule has 3 nitrogen and oxygen atoms in total. The molecule has 1 aliphatic rings. The molecule has 1 N–H and O–H groups in total. The summed E-state index contributed by atoms with van der Waals surface area (Å²) in [6.07, 6.45) is 3.18. The van der Waals surface area contributed by atoms with Crippen LogP contribution in [0.2, 0.25) is 0 Å². The average molecular weight is 259 g/mol. The molecule has 1 saturated heterocycles. The predicted molar refractivity (Wildman–Crippen MR) is 76.1 cm³/mol. The lowest BCUT2D eigenvalue weighted by Crippen LogP contribution is -2.48. The highest BCUT2D eigenvalue weighted by molar-refractivity contribution is 5.88. The van der Waals surface area contributed by atoms with E-state index in [-0.39, 0.29) is 5.91 Å². The van der Waals surface area contributed by atoms with E-state index in [2.05, 4.69) is 43.1 Å². The lowest BCUT2D eigenvalue weighted by atomic mass is 9.73.